The lowest BCUT2D eigenvalue weighted by molar-refractivity contribution is -0.114. The number of benzene rings is 2. The number of anilines is 3. The van der Waals surface area contributed by atoms with E-state index < -0.39 is 0 Å². The largest absolute Gasteiger partial charge is 0.494 e. The Bertz CT molecular complexity index is 743. The van der Waals surface area contributed by atoms with Crippen LogP contribution in [0.15, 0.2) is 42.5 Å². The Morgan fingerprint density at radius 2 is 1.85 bits per heavy atom. The van der Waals surface area contributed by atoms with Crippen molar-refractivity contribution in [2.24, 2.45) is 0 Å². The van der Waals surface area contributed by atoms with Gasteiger partial charge in [0.25, 0.3) is 0 Å². The Morgan fingerprint density at radius 1 is 1.12 bits per heavy atom. The zero-order valence-electron chi connectivity index (χ0n) is 14.9. The van der Waals surface area contributed by atoms with Gasteiger partial charge in [0.2, 0.25) is 5.91 Å². The minimum absolute atomic E-state index is 0.0653. The molecule has 1 amide bonds. The maximum atomic E-state index is 13.2. The third-order valence-corrected chi connectivity index (χ3v) is 4.48. The summed E-state index contributed by atoms with van der Waals surface area (Å²) >= 11 is 0. The zero-order valence-corrected chi connectivity index (χ0v) is 14.9. The zero-order chi connectivity index (χ0) is 18.4. The maximum absolute atomic E-state index is 13.2. The van der Waals surface area contributed by atoms with Gasteiger partial charge in [0.05, 0.1) is 19.3 Å². The van der Waals surface area contributed by atoms with Crippen LogP contribution in [0.2, 0.25) is 0 Å². The fraction of sp³-hybridized carbons (Fsp3) is 0.350. The highest BCUT2D eigenvalue weighted by molar-refractivity contribution is 5.94. The number of carbonyl (C=O) groups is 1. The predicted molar refractivity (Wildman–Crippen MR) is 103 cm³/mol. The normalized spacial score (nSPS) is 14.0. The molecule has 138 valence electrons. The number of halogens is 1. The SMILES string of the molecule is COc1cc(F)ccc1NCC(=O)Nc1ccc(N2CCCCC2)cc1. The number of amides is 1. The van der Waals surface area contributed by atoms with E-state index in [4.69, 9.17) is 4.74 Å². The first kappa shape index (κ1) is 18.0. The summed E-state index contributed by atoms with van der Waals surface area (Å²) in [4.78, 5) is 14.5. The van der Waals surface area contributed by atoms with Crippen LogP contribution in [-0.4, -0.2) is 32.7 Å². The van der Waals surface area contributed by atoms with Crippen LogP contribution in [0.4, 0.5) is 21.5 Å². The minimum atomic E-state index is -0.384. The molecule has 2 N–H and O–H groups in total. The molecule has 5 nitrogen and oxygen atoms in total. The highest BCUT2D eigenvalue weighted by atomic mass is 19.1. The first-order valence-electron chi connectivity index (χ1n) is 8.88. The lowest BCUT2D eigenvalue weighted by Gasteiger charge is -2.28. The van der Waals surface area contributed by atoms with Gasteiger partial charge in [-0.2, -0.15) is 0 Å². The summed E-state index contributed by atoms with van der Waals surface area (Å²) in [5.41, 5.74) is 2.52. The molecular formula is C20H24FN3O2. The first-order chi connectivity index (χ1) is 12.7. The quantitative estimate of drug-likeness (QED) is 0.824. The van der Waals surface area contributed by atoms with Crippen molar-refractivity contribution in [3.8, 4) is 5.75 Å². The topological polar surface area (TPSA) is 53.6 Å². The molecule has 1 heterocycles. The summed E-state index contributed by atoms with van der Waals surface area (Å²) in [6.07, 6.45) is 3.77. The standard InChI is InChI=1S/C20H24FN3O2/c1-26-19-13-15(21)5-10-18(19)22-14-20(25)23-16-6-8-17(9-7-16)24-11-3-2-4-12-24/h5-10,13,22H,2-4,11-12,14H2,1H3,(H,23,25). The predicted octanol–water partition coefficient (Wildman–Crippen LogP) is 3.88. The molecule has 1 fully saturated rings. The Hall–Kier alpha value is -2.76. The second-order valence-electron chi connectivity index (χ2n) is 6.34. The van der Waals surface area contributed by atoms with E-state index in [0.717, 1.165) is 18.8 Å². The maximum Gasteiger partial charge on any atom is 0.243 e. The molecule has 0 saturated carbocycles. The van der Waals surface area contributed by atoms with Crippen LogP contribution in [0.25, 0.3) is 0 Å². The molecular weight excluding hydrogens is 333 g/mol. The number of hydrogen-bond donors (Lipinski definition) is 2. The summed E-state index contributed by atoms with van der Waals surface area (Å²) in [6.45, 7) is 2.25. The Morgan fingerprint density at radius 3 is 2.54 bits per heavy atom. The van der Waals surface area contributed by atoms with Gasteiger partial charge in [-0.3, -0.25) is 4.79 Å². The van der Waals surface area contributed by atoms with Crippen molar-refractivity contribution in [1.29, 1.82) is 0 Å². The molecule has 0 aliphatic carbocycles. The highest BCUT2D eigenvalue weighted by Crippen LogP contribution is 2.25. The van der Waals surface area contributed by atoms with Gasteiger partial charge in [0.1, 0.15) is 11.6 Å². The molecule has 6 heteroatoms. The van der Waals surface area contributed by atoms with Crippen molar-refractivity contribution < 1.29 is 13.9 Å². The molecule has 1 saturated heterocycles. The third-order valence-electron chi connectivity index (χ3n) is 4.48. The van der Waals surface area contributed by atoms with E-state index in [1.165, 1.54) is 44.2 Å². The third kappa shape index (κ3) is 4.65. The molecule has 1 aliphatic heterocycles. The fourth-order valence-electron chi connectivity index (χ4n) is 3.10. The number of nitrogens with zero attached hydrogens (tertiary/aromatic N) is 1. The summed E-state index contributed by atoms with van der Waals surface area (Å²) in [6, 6.07) is 12.1. The molecule has 1 aliphatic rings. The molecule has 2 aromatic rings. The molecule has 0 aromatic heterocycles. The van der Waals surface area contributed by atoms with Crippen LogP contribution in [0, 0.1) is 5.82 Å². The Kier molecular flexibility index (Phi) is 5.94. The molecule has 0 spiro atoms. The van der Waals surface area contributed by atoms with Crippen molar-refractivity contribution >= 4 is 23.0 Å². The molecule has 26 heavy (non-hydrogen) atoms. The second kappa shape index (κ2) is 8.56. The monoisotopic (exact) mass is 357 g/mol. The smallest absolute Gasteiger partial charge is 0.243 e. The first-order valence-corrected chi connectivity index (χ1v) is 8.88. The van der Waals surface area contributed by atoms with E-state index >= 15 is 0 Å². The van der Waals surface area contributed by atoms with Crippen LogP contribution in [0.3, 0.4) is 0 Å². The van der Waals surface area contributed by atoms with E-state index in [0.29, 0.717) is 11.4 Å². The number of rotatable bonds is 6. The molecule has 2 aromatic carbocycles. The number of carbonyl (C=O) groups excluding carboxylic acids is 1. The lowest BCUT2D eigenvalue weighted by atomic mass is 10.1. The molecule has 0 bridgehead atoms. The van der Waals surface area contributed by atoms with Crippen LogP contribution in [0.5, 0.6) is 5.75 Å². The molecule has 0 radical (unpaired) electrons. The molecule has 3 rings (SSSR count). The van der Waals surface area contributed by atoms with Gasteiger partial charge in [-0.1, -0.05) is 0 Å². The lowest BCUT2D eigenvalue weighted by Crippen LogP contribution is -2.29. The minimum Gasteiger partial charge on any atom is -0.494 e. The van der Waals surface area contributed by atoms with E-state index in [9.17, 15) is 9.18 Å². The van der Waals surface area contributed by atoms with Crippen LogP contribution < -0.4 is 20.3 Å². The summed E-state index contributed by atoms with van der Waals surface area (Å²) in [5, 5.41) is 5.82. The van der Waals surface area contributed by atoms with Crippen LogP contribution in [0.1, 0.15) is 19.3 Å². The number of piperidine rings is 1. The molecule has 0 unspecified atom stereocenters. The van der Waals surface area contributed by atoms with Crippen molar-refractivity contribution in [2.45, 2.75) is 19.3 Å². The van der Waals surface area contributed by atoms with Crippen molar-refractivity contribution in [1.82, 2.24) is 0 Å². The second-order valence-corrected chi connectivity index (χ2v) is 6.34. The van der Waals surface area contributed by atoms with Gasteiger partial charge in [-0.15, -0.1) is 0 Å². The van der Waals surface area contributed by atoms with Gasteiger partial charge >= 0.3 is 0 Å². The van der Waals surface area contributed by atoms with Crippen molar-refractivity contribution in [3.05, 3.63) is 48.3 Å². The van der Waals surface area contributed by atoms with Crippen LogP contribution >= 0.6 is 0 Å². The van der Waals surface area contributed by atoms with Crippen molar-refractivity contribution in [3.63, 3.8) is 0 Å². The Balaban J connectivity index is 1.53. The van der Waals surface area contributed by atoms with E-state index in [-0.39, 0.29) is 18.3 Å². The average molecular weight is 357 g/mol. The summed E-state index contributed by atoms with van der Waals surface area (Å²) in [7, 11) is 1.46. The number of hydrogen-bond acceptors (Lipinski definition) is 4. The van der Waals surface area contributed by atoms with E-state index in [1.54, 1.807) is 6.07 Å². The summed E-state index contributed by atoms with van der Waals surface area (Å²) < 4.78 is 18.3. The van der Waals surface area contributed by atoms with Gasteiger partial charge in [0, 0.05) is 30.5 Å². The van der Waals surface area contributed by atoms with Crippen molar-refractivity contribution in [2.75, 3.05) is 42.3 Å². The van der Waals surface area contributed by atoms with Crippen LogP contribution in [-0.2, 0) is 4.79 Å². The fourth-order valence-corrected chi connectivity index (χ4v) is 3.10. The highest BCUT2D eigenvalue weighted by Gasteiger charge is 2.11. The summed E-state index contributed by atoms with van der Waals surface area (Å²) in [5.74, 6) is -0.198. The number of nitrogens with one attached hydrogen (secondary N) is 2. The number of ether oxygens (including phenoxy) is 1. The van der Waals surface area contributed by atoms with E-state index in [2.05, 4.69) is 15.5 Å². The van der Waals surface area contributed by atoms with E-state index in [1.807, 2.05) is 24.3 Å². The van der Waals surface area contributed by atoms with Gasteiger partial charge in [-0.05, 0) is 55.7 Å². The number of methoxy groups -OCH3 is 1. The Labute approximate surface area is 153 Å². The van der Waals surface area contributed by atoms with Gasteiger partial charge in [-0.25, -0.2) is 4.39 Å². The molecule has 0 atom stereocenters. The average Bonchev–Trinajstić information content (AvgIpc) is 2.68. The van der Waals surface area contributed by atoms with Gasteiger partial charge < -0.3 is 20.3 Å². The van der Waals surface area contributed by atoms with Gasteiger partial charge in [0.15, 0.2) is 0 Å².